The zero-order chi connectivity index (χ0) is 18.5. The molecule has 0 aromatic carbocycles. The van der Waals surface area contributed by atoms with E-state index in [4.69, 9.17) is 0 Å². The fourth-order valence-corrected chi connectivity index (χ4v) is 3.98. The summed E-state index contributed by atoms with van der Waals surface area (Å²) in [7, 11) is 0. The summed E-state index contributed by atoms with van der Waals surface area (Å²) in [6.07, 6.45) is 5.63. The van der Waals surface area contributed by atoms with E-state index >= 15 is 0 Å². The predicted molar refractivity (Wildman–Crippen MR) is 109 cm³/mol. The summed E-state index contributed by atoms with van der Waals surface area (Å²) < 4.78 is 26.7. The number of piperidine rings is 1. The van der Waals surface area contributed by atoms with E-state index in [9.17, 15) is 13.6 Å². The third-order valence-corrected chi connectivity index (χ3v) is 5.73. The standard InChI is InChI=1S/C18H29F2N5O.2ClH/c1-14(15-2-4-21-5-3-15)12-17(26)24-10-8-23(9-11-24)13-16-22-6-7-25(16)18(19)20;;/h6-7,14-15,18,21H,2-5,8-13H2,1H3;2*1H. The molecule has 1 unspecified atom stereocenters. The van der Waals surface area contributed by atoms with Gasteiger partial charge in [-0.05, 0) is 37.8 Å². The molecule has 10 heteroatoms. The van der Waals surface area contributed by atoms with E-state index in [1.807, 2.05) is 4.90 Å². The molecule has 0 bridgehead atoms. The number of aromatic nitrogens is 2. The first-order chi connectivity index (χ1) is 12.5. The van der Waals surface area contributed by atoms with Gasteiger partial charge < -0.3 is 10.2 Å². The van der Waals surface area contributed by atoms with Crippen LogP contribution in [-0.2, 0) is 11.3 Å². The van der Waals surface area contributed by atoms with Gasteiger partial charge in [-0.3, -0.25) is 14.3 Å². The molecule has 2 aliphatic rings. The smallest absolute Gasteiger partial charge is 0.319 e. The summed E-state index contributed by atoms with van der Waals surface area (Å²) >= 11 is 0. The minimum atomic E-state index is -2.56. The molecule has 1 atom stereocenters. The van der Waals surface area contributed by atoms with E-state index in [1.54, 1.807) is 0 Å². The number of carbonyl (C=O) groups is 1. The normalized spacial score (nSPS) is 19.8. The first-order valence-corrected chi connectivity index (χ1v) is 9.55. The summed E-state index contributed by atoms with van der Waals surface area (Å²) in [5.41, 5.74) is 0. The summed E-state index contributed by atoms with van der Waals surface area (Å²) in [6, 6.07) is 0. The van der Waals surface area contributed by atoms with Gasteiger partial charge in [0.25, 0.3) is 0 Å². The highest BCUT2D eigenvalue weighted by atomic mass is 35.5. The van der Waals surface area contributed by atoms with Crippen LogP contribution in [-0.4, -0.2) is 64.5 Å². The summed E-state index contributed by atoms with van der Waals surface area (Å²) in [4.78, 5) is 20.6. The van der Waals surface area contributed by atoms with Gasteiger partial charge >= 0.3 is 6.55 Å². The van der Waals surface area contributed by atoms with Crippen LogP contribution in [0.1, 0.15) is 38.6 Å². The van der Waals surface area contributed by atoms with Crippen LogP contribution in [0, 0.1) is 11.8 Å². The number of nitrogens with zero attached hydrogens (tertiary/aromatic N) is 4. The molecule has 6 nitrogen and oxygen atoms in total. The second kappa shape index (κ2) is 11.9. The number of hydrogen-bond acceptors (Lipinski definition) is 4. The fourth-order valence-electron chi connectivity index (χ4n) is 3.98. The maximum atomic E-state index is 12.9. The van der Waals surface area contributed by atoms with Gasteiger partial charge in [0.05, 0.1) is 6.54 Å². The van der Waals surface area contributed by atoms with Crippen LogP contribution in [0.25, 0.3) is 0 Å². The molecule has 2 saturated heterocycles. The number of nitrogens with one attached hydrogen (secondary N) is 1. The lowest BCUT2D eigenvalue weighted by molar-refractivity contribution is -0.134. The highest BCUT2D eigenvalue weighted by molar-refractivity contribution is 5.85. The average Bonchev–Trinajstić information content (AvgIpc) is 3.11. The molecule has 1 aromatic heterocycles. The Morgan fingerprint density at radius 1 is 1.21 bits per heavy atom. The largest absolute Gasteiger partial charge is 0.340 e. The molecule has 0 saturated carbocycles. The Labute approximate surface area is 177 Å². The van der Waals surface area contributed by atoms with E-state index in [-0.39, 0.29) is 30.7 Å². The highest BCUT2D eigenvalue weighted by Crippen LogP contribution is 2.25. The Hall–Kier alpha value is -0.960. The monoisotopic (exact) mass is 441 g/mol. The Balaban J connectivity index is 0.00000196. The third kappa shape index (κ3) is 6.54. The van der Waals surface area contributed by atoms with Crippen molar-refractivity contribution < 1.29 is 13.6 Å². The van der Waals surface area contributed by atoms with Crippen LogP contribution in [0.5, 0.6) is 0 Å². The minimum absolute atomic E-state index is 0. The highest BCUT2D eigenvalue weighted by Gasteiger charge is 2.27. The van der Waals surface area contributed by atoms with Gasteiger partial charge in [0.1, 0.15) is 5.82 Å². The first kappa shape index (κ1) is 25.1. The van der Waals surface area contributed by atoms with Gasteiger partial charge in [-0.25, -0.2) is 4.98 Å². The molecule has 1 N–H and O–H groups in total. The predicted octanol–water partition coefficient (Wildman–Crippen LogP) is 2.79. The molecule has 28 heavy (non-hydrogen) atoms. The van der Waals surface area contributed by atoms with Crippen LogP contribution < -0.4 is 5.32 Å². The molecular weight excluding hydrogens is 411 g/mol. The molecule has 3 heterocycles. The van der Waals surface area contributed by atoms with Gasteiger partial charge in [-0.2, -0.15) is 8.78 Å². The van der Waals surface area contributed by atoms with Crippen LogP contribution in [0.4, 0.5) is 8.78 Å². The SMILES string of the molecule is CC(CC(=O)N1CCN(Cc2nccn2C(F)F)CC1)C1CCNCC1.Cl.Cl. The number of alkyl halides is 2. The molecular formula is C18H31Cl2F2N5O. The van der Waals surface area contributed by atoms with E-state index in [0.717, 1.165) is 30.5 Å². The van der Waals surface area contributed by atoms with Crippen molar-refractivity contribution in [2.45, 2.75) is 39.3 Å². The van der Waals surface area contributed by atoms with Crippen molar-refractivity contribution in [1.82, 2.24) is 24.7 Å². The van der Waals surface area contributed by atoms with Crippen molar-refractivity contribution in [2.24, 2.45) is 11.8 Å². The quantitative estimate of drug-likeness (QED) is 0.737. The van der Waals surface area contributed by atoms with Gasteiger partial charge in [-0.15, -0.1) is 24.8 Å². The zero-order valence-electron chi connectivity index (χ0n) is 16.2. The second-order valence-corrected chi connectivity index (χ2v) is 7.45. The van der Waals surface area contributed by atoms with E-state index < -0.39 is 6.55 Å². The van der Waals surface area contributed by atoms with Crippen molar-refractivity contribution in [3.8, 4) is 0 Å². The fraction of sp³-hybridized carbons (Fsp3) is 0.778. The Morgan fingerprint density at radius 3 is 2.46 bits per heavy atom. The van der Waals surface area contributed by atoms with Crippen molar-refractivity contribution in [3.63, 3.8) is 0 Å². The molecule has 3 rings (SSSR count). The molecule has 1 aromatic rings. The molecule has 0 spiro atoms. The van der Waals surface area contributed by atoms with Gasteiger partial charge in [0.15, 0.2) is 0 Å². The Morgan fingerprint density at radius 2 is 1.86 bits per heavy atom. The summed E-state index contributed by atoms with van der Waals surface area (Å²) in [6.45, 7) is 4.84. The maximum Gasteiger partial charge on any atom is 0.319 e. The maximum absolute atomic E-state index is 12.9. The molecule has 0 aliphatic carbocycles. The van der Waals surface area contributed by atoms with E-state index in [0.29, 0.717) is 56.8 Å². The molecule has 0 radical (unpaired) electrons. The van der Waals surface area contributed by atoms with E-state index in [2.05, 4.69) is 22.1 Å². The number of piperazine rings is 1. The average molecular weight is 442 g/mol. The Kier molecular flexibility index (Phi) is 10.7. The van der Waals surface area contributed by atoms with E-state index in [1.165, 1.54) is 12.4 Å². The number of amides is 1. The van der Waals surface area contributed by atoms with Gasteiger partial charge in [0, 0.05) is 45.0 Å². The lowest BCUT2D eigenvalue weighted by Gasteiger charge is -2.36. The summed E-state index contributed by atoms with van der Waals surface area (Å²) in [5.74, 6) is 1.65. The number of rotatable bonds is 6. The summed E-state index contributed by atoms with van der Waals surface area (Å²) in [5, 5.41) is 3.37. The lowest BCUT2D eigenvalue weighted by Crippen LogP contribution is -2.49. The molecule has 162 valence electrons. The first-order valence-electron chi connectivity index (χ1n) is 9.55. The van der Waals surface area contributed by atoms with Crippen molar-refractivity contribution >= 4 is 30.7 Å². The van der Waals surface area contributed by atoms with Crippen molar-refractivity contribution in [1.29, 1.82) is 0 Å². The van der Waals surface area contributed by atoms with Gasteiger partial charge in [0.2, 0.25) is 5.91 Å². The Bertz CT molecular complexity index is 590. The molecule has 1 amide bonds. The van der Waals surface area contributed by atoms with Crippen molar-refractivity contribution in [3.05, 3.63) is 18.2 Å². The topological polar surface area (TPSA) is 53.4 Å². The third-order valence-electron chi connectivity index (χ3n) is 5.73. The van der Waals surface area contributed by atoms with Crippen LogP contribution in [0.3, 0.4) is 0 Å². The minimum Gasteiger partial charge on any atom is -0.340 e. The second-order valence-electron chi connectivity index (χ2n) is 7.45. The van der Waals surface area contributed by atoms with Crippen molar-refractivity contribution in [2.75, 3.05) is 39.3 Å². The zero-order valence-corrected chi connectivity index (χ0v) is 17.9. The van der Waals surface area contributed by atoms with Crippen LogP contribution >= 0.6 is 24.8 Å². The number of halogens is 4. The van der Waals surface area contributed by atoms with Crippen LogP contribution in [0.15, 0.2) is 12.4 Å². The number of imidazole rings is 1. The molecule has 2 fully saturated rings. The van der Waals surface area contributed by atoms with Gasteiger partial charge in [-0.1, -0.05) is 6.92 Å². The lowest BCUT2D eigenvalue weighted by atomic mass is 9.84. The number of hydrogen-bond donors (Lipinski definition) is 1. The number of carbonyl (C=O) groups excluding carboxylic acids is 1. The van der Waals surface area contributed by atoms with Crippen LogP contribution in [0.2, 0.25) is 0 Å². The molecule has 2 aliphatic heterocycles.